The molecule has 1 fully saturated rings. The van der Waals surface area contributed by atoms with Crippen LogP contribution in [0.15, 0.2) is 24.3 Å². The predicted molar refractivity (Wildman–Crippen MR) is 90.1 cm³/mol. The molecular weight excluding hydrogens is 326 g/mol. The molecule has 1 aliphatic rings. The van der Waals surface area contributed by atoms with Gasteiger partial charge in [-0.15, -0.1) is 0 Å². The first-order chi connectivity index (χ1) is 11.5. The number of nitrogens with one attached hydrogen (secondary N) is 1. The molecule has 1 aromatic carbocycles. The lowest BCUT2D eigenvalue weighted by Crippen LogP contribution is -2.24. The Kier molecular flexibility index (Phi) is 4.67. The summed E-state index contributed by atoms with van der Waals surface area (Å²) in [5.74, 6) is -1.37. The van der Waals surface area contributed by atoms with E-state index in [0.29, 0.717) is 18.4 Å². The molecule has 0 amide bonds. The van der Waals surface area contributed by atoms with Crippen LogP contribution >= 0.6 is 0 Å². The summed E-state index contributed by atoms with van der Waals surface area (Å²) in [7, 11) is -3.26. The summed E-state index contributed by atoms with van der Waals surface area (Å²) in [6, 6.07) is 9.21. The number of aromatic amines is 1. The molecule has 1 heterocycles. The Morgan fingerprint density at radius 2 is 2.04 bits per heavy atom. The molecule has 6 nitrogen and oxygen atoms in total. The number of imidazole rings is 1. The zero-order chi connectivity index (χ0) is 17.2. The molecule has 2 aromatic rings. The number of nitrogens with zero attached hydrogens (tertiary/aromatic N) is 2. The highest BCUT2D eigenvalue weighted by molar-refractivity contribution is 7.92. The van der Waals surface area contributed by atoms with Crippen molar-refractivity contribution in [2.24, 2.45) is 0 Å². The van der Waals surface area contributed by atoms with Crippen LogP contribution in [0, 0.1) is 11.3 Å². The monoisotopic (exact) mass is 345 g/mol. The van der Waals surface area contributed by atoms with E-state index < -0.39 is 21.5 Å². The van der Waals surface area contributed by atoms with Gasteiger partial charge in [-0.05, 0) is 25.0 Å². The lowest BCUT2D eigenvalue weighted by molar-refractivity contribution is -0.119. The van der Waals surface area contributed by atoms with Crippen molar-refractivity contribution in [3.05, 3.63) is 30.1 Å². The molecule has 24 heavy (non-hydrogen) atoms. The first-order valence-electron chi connectivity index (χ1n) is 8.10. The smallest absolute Gasteiger partial charge is 0.162 e. The molecule has 1 aromatic heterocycles. The number of benzene rings is 1. The van der Waals surface area contributed by atoms with Crippen LogP contribution in [-0.4, -0.2) is 35.2 Å². The van der Waals surface area contributed by atoms with Crippen molar-refractivity contribution < 1.29 is 13.2 Å². The molecule has 0 radical (unpaired) electrons. The maximum Gasteiger partial charge on any atom is 0.162 e. The van der Waals surface area contributed by atoms with Gasteiger partial charge in [-0.25, -0.2) is 13.4 Å². The van der Waals surface area contributed by atoms with Crippen molar-refractivity contribution in [2.45, 2.75) is 43.3 Å². The molecule has 1 saturated carbocycles. The van der Waals surface area contributed by atoms with Gasteiger partial charge in [0.2, 0.25) is 0 Å². The van der Waals surface area contributed by atoms with Crippen molar-refractivity contribution in [1.82, 2.24) is 9.97 Å². The number of fused-ring (bicyclic) bond motifs is 1. The molecule has 0 unspecified atom stereocenters. The molecule has 1 aliphatic carbocycles. The van der Waals surface area contributed by atoms with Crippen LogP contribution in [0.2, 0.25) is 0 Å². The third-order valence-corrected chi connectivity index (χ3v) is 6.84. The summed E-state index contributed by atoms with van der Waals surface area (Å²) in [6.07, 6.45) is 3.08. The fraction of sp³-hybridized carbons (Fsp3) is 0.471. The van der Waals surface area contributed by atoms with E-state index in [1.165, 1.54) is 0 Å². The average Bonchev–Trinajstić information content (AvgIpc) is 3.23. The fourth-order valence-electron chi connectivity index (χ4n) is 3.20. The number of rotatable bonds is 6. The largest absolute Gasteiger partial charge is 0.340 e. The highest BCUT2D eigenvalue weighted by Crippen LogP contribution is 2.26. The molecule has 0 bridgehead atoms. The highest BCUT2D eigenvalue weighted by atomic mass is 32.2. The summed E-state index contributed by atoms with van der Waals surface area (Å²) >= 11 is 0. The van der Waals surface area contributed by atoms with Crippen LogP contribution in [-0.2, 0) is 14.6 Å². The molecule has 0 spiro atoms. The second-order valence-electron chi connectivity index (χ2n) is 6.19. The van der Waals surface area contributed by atoms with E-state index in [4.69, 9.17) is 0 Å². The van der Waals surface area contributed by atoms with E-state index in [-0.39, 0.29) is 23.2 Å². The van der Waals surface area contributed by atoms with Gasteiger partial charge < -0.3 is 4.98 Å². The first kappa shape index (κ1) is 16.7. The Morgan fingerprint density at radius 1 is 1.33 bits per heavy atom. The Bertz CT molecular complexity index is 856. The highest BCUT2D eigenvalue weighted by Gasteiger charge is 2.31. The Hall–Kier alpha value is -2.20. The van der Waals surface area contributed by atoms with E-state index in [2.05, 4.69) is 9.97 Å². The van der Waals surface area contributed by atoms with Crippen LogP contribution in [0.3, 0.4) is 0 Å². The van der Waals surface area contributed by atoms with Crippen molar-refractivity contribution >= 4 is 26.7 Å². The zero-order valence-electron chi connectivity index (χ0n) is 13.2. The number of Topliss-reactive ketones (excluding diaryl/α,β-unsaturated/α-hetero) is 1. The lowest BCUT2D eigenvalue weighted by Gasteiger charge is -2.11. The third kappa shape index (κ3) is 3.34. The second-order valence-corrected chi connectivity index (χ2v) is 8.59. The number of ketones is 1. The first-order valence-corrected chi connectivity index (χ1v) is 9.81. The maximum absolute atomic E-state index is 12.4. The number of H-pyrrole nitrogens is 1. The summed E-state index contributed by atoms with van der Waals surface area (Å²) in [4.78, 5) is 19.6. The third-order valence-electron chi connectivity index (χ3n) is 4.58. The zero-order valence-corrected chi connectivity index (χ0v) is 14.1. The van der Waals surface area contributed by atoms with E-state index >= 15 is 0 Å². The number of sulfone groups is 1. The van der Waals surface area contributed by atoms with E-state index in [9.17, 15) is 18.5 Å². The van der Waals surface area contributed by atoms with E-state index in [1.54, 1.807) is 6.07 Å². The van der Waals surface area contributed by atoms with Gasteiger partial charge in [-0.2, -0.15) is 5.26 Å². The fourth-order valence-corrected chi connectivity index (χ4v) is 5.07. The van der Waals surface area contributed by atoms with Gasteiger partial charge in [-0.1, -0.05) is 25.0 Å². The van der Waals surface area contributed by atoms with Crippen molar-refractivity contribution in [3.8, 4) is 6.07 Å². The quantitative estimate of drug-likeness (QED) is 0.866. The second kappa shape index (κ2) is 6.73. The molecule has 0 aliphatic heterocycles. The molecule has 1 N–H and O–H groups in total. The number of hydrogen-bond acceptors (Lipinski definition) is 5. The minimum absolute atomic E-state index is 0.145. The van der Waals surface area contributed by atoms with Crippen molar-refractivity contribution in [2.75, 3.05) is 5.75 Å². The maximum atomic E-state index is 12.4. The lowest BCUT2D eigenvalue weighted by atomic mass is 10.0. The summed E-state index contributed by atoms with van der Waals surface area (Å²) in [6.45, 7) is 0. The Morgan fingerprint density at radius 3 is 2.71 bits per heavy atom. The minimum atomic E-state index is -3.26. The van der Waals surface area contributed by atoms with Crippen molar-refractivity contribution in [1.29, 1.82) is 5.26 Å². The van der Waals surface area contributed by atoms with Crippen LogP contribution < -0.4 is 0 Å². The average molecular weight is 345 g/mol. The van der Waals surface area contributed by atoms with E-state index in [1.807, 2.05) is 24.3 Å². The van der Waals surface area contributed by atoms with Crippen molar-refractivity contribution in [3.63, 3.8) is 0 Å². The normalized spacial score (nSPS) is 17.0. The molecule has 7 heteroatoms. The van der Waals surface area contributed by atoms with Gasteiger partial charge in [0.05, 0.1) is 28.1 Å². The van der Waals surface area contributed by atoms with Gasteiger partial charge in [-0.3, -0.25) is 4.79 Å². The topological polar surface area (TPSA) is 104 Å². The van der Waals surface area contributed by atoms with Crippen LogP contribution in [0.5, 0.6) is 0 Å². The van der Waals surface area contributed by atoms with Gasteiger partial charge >= 0.3 is 0 Å². The predicted octanol–water partition coefficient (Wildman–Crippen LogP) is 2.49. The standard InChI is InChI=1S/C17H19N3O3S/c18-11-13(17-19-14-7-3-4-8-15(14)20-17)16(21)9-10-24(22,23)12-5-1-2-6-12/h3-4,7-8,12-13H,1-2,5-6,9-10H2,(H,19,20)/t13-/m1/s1. The summed E-state index contributed by atoms with van der Waals surface area (Å²) in [5.41, 5.74) is 1.43. The van der Waals surface area contributed by atoms with Gasteiger partial charge in [0, 0.05) is 6.42 Å². The Balaban J connectivity index is 1.71. The summed E-state index contributed by atoms with van der Waals surface area (Å²) in [5, 5.41) is 9.01. The molecule has 1 atom stereocenters. The molecule has 3 rings (SSSR count). The number of carbonyl (C=O) groups is 1. The number of nitriles is 1. The van der Waals surface area contributed by atoms with E-state index in [0.717, 1.165) is 18.4 Å². The number of para-hydroxylation sites is 2. The van der Waals surface area contributed by atoms with Gasteiger partial charge in [0.1, 0.15) is 5.82 Å². The Labute approximate surface area is 140 Å². The number of hydrogen-bond donors (Lipinski definition) is 1. The molecular formula is C17H19N3O3S. The molecule has 0 saturated heterocycles. The van der Waals surface area contributed by atoms with Gasteiger partial charge in [0.25, 0.3) is 0 Å². The number of carbonyl (C=O) groups excluding carboxylic acids is 1. The van der Waals surface area contributed by atoms with Gasteiger partial charge in [0.15, 0.2) is 21.5 Å². The van der Waals surface area contributed by atoms with Crippen LogP contribution in [0.25, 0.3) is 11.0 Å². The van der Waals surface area contributed by atoms with Crippen LogP contribution in [0.1, 0.15) is 43.8 Å². The number of aromatic nitrogens is 2. The molecule has 126 valence electrons. The SMILES string of the molecule is N#C[C@H](C(=O)CCS(=O)(=O)C1CCCC1)c1nc2ccccc2[nH]1. The van der Waals surface area contributed by atoms with Crippen LogP contribution in [0.4, 0.5) is 0 Å². The minimum Gasteiger partial charge on any atom is -0.340 e. The summed E-state index contributed by atoms with van der Waals surface area (Å²) < 4.78 is 24.5.